The average molecular weight is 206 g/mol. The maximum absolute atomic E-state index is 6.00. The molecule has 0 saturated heterocycles. The molecule has 0 fully saturated rings. The van der Waals surface area contributed by atoms with Gasteiger partial charge in [0.05, 0.1) is 0 Å². The summed E-state index contributed by atoms with van der Waals surface area (Å²) >= 11 is 6.00. The molecule has 0 aromatic carbocycles. The van der Waals surface area contributed by atoms with E-state index in [4.69, 9.17) is 11.6 Å². The topological polar surface area (TPSA) is 12.0 Å². The average Bonchev–Trinajstić information content (AvgIpc) is 2.13. The Morgan fingerprint density at radius 2 is 1.77 bits per heavy atom. The van der Waals surface area contributed by atoms with Crippen molar-refractivity contribution in [2.24, 2.45) is 11.3 Å². The summed E-state index contributed by atoms with van der Waals surface area (Å²) in [6, 6.07) is 0. The predicted molar refractivity (Wildman–Crippen MR) is 61.4 cm³/mol. The molecular formula is C11H24ClN. The zero-order valence-electron chi connectivity index (χ0n) is 9.49. The van der Waals surface area contributed by atoms with E-state index in [0.717, 1.165) is 37.7 Å². The second kappa shape index (κ2) is 6.67. The Bertz CT molecular complexity index is 111. The van der Waals surface area contributed by atoms with Crippen LogP contribution in [0.5, 0.6) is 0 Å². The molecule has 0 heterocycles. The fraction of sp³-hybridized carbons (Fsp3) is 1.00. The quantitative estimate of drug-likeness (QED) is 0.630. The van der Waals surface area contributed by atoms with Crippen molar-refractivity contribution in [1.82, 2.24) is 5.32 Å². The number of hydrogen-bond donors (Lipinski definition) is 1. The van der Waals surface area contributed by atoms with Crippen LogP contribution >= 0.6 is 11.6 Å². The van der Waals surface area contributed by atoms with Gasteiger partial charge < -0.3 is 5.32 Å². The van der Waals surface area contributed by atoms with Crippen molar-refractivity contribution in [3.8, 4) is 0 Å². The first-order valence-electron chi connectivity index (χ1n) is 5.37. The van der Waals surface area contributed by atoms with Gasteiger partial charge in [0, 0.05) is 12.4 Å². The summed E-state index contributed by atoms with van der Waals surface area (Å²) in [6.45, 7) is 11.1. The van der Waals surface area contributed by atoms with Gasteiger partial charge in [0.15, 0.2) is 0 Å². The Balaban J connectivity index is 3.81. The molecule has 0 spiro atoms. The number of alkyl halides is 1. The van der Waals surface area contributed by atoms with Crippen LogP contribution in [0.3, 0.4) is 0 Å². The van der Waals surface area contributed by atoms with Gasteiger partial charge in [0.2, 0.25) is 0 Å². The van der Waals surface area contributed by atoms with E-state index < -0.39 is 0 Å². The molecule has 0 aliphatic rings. The zero-order chi connectivity index (χ0) is 10.3. The highest BCUT2D eigenvalue weighted by molar-refractivity contribution is 6.18. The lowest BCUT2D eigenvalue weighted by Gasteiger charge is -2.29. The first kappa shape index (κ1) is 13.2. The third-order valence-electron chi connectivity index (χ3n) is 2.84. The molecule has 1 N–H and O–H groups in total. The van der Waals surface area contributed by atoms with E-state index in [1.807, 2.05) is 0 Å². The summed E-state index contributed by atoms with van der Waals surface area (Å²) in [4.78, 5) is 0. The predicted octanol–water partition coefficient (Wildman–Crippen LogP) is 3.28. The van der Waals surface area contributed by atoms with Crippen molar-refractivity contribution in [3.63, 3.8) is 0 Å². The van der Waals surface area contributed by atoms with Crippen molar-refractivity contribution >= 4 is 11.6 Å². The van der Waals surface area contributed by atoms with E-state index in [9.17, 15) is 0 Å². The molecule has 2 heteroatoms. The molecule has 0 aliphatic carbocycles. The molecule has 13 heavy (non-hydrogen) atoms. The molecular weight excluding hydrogens is 182 g/mol. The molecule has 0 aromatic heterocycles. The summed E-state index contributed by atoms with van der Waals surface area (Å²) in [5.41, 5.74) is 0.316. The van der Waals surface area contributed by atoms with Crippen LogP contribution in [0, 0.1) is 11.3 Å². The third-order valence-corrected chi connectivity index (χ3v) is 3.40. The summed E-state index contributed by atoms with van der Waals surface area (Å²) in [5.74, 6) is 1.49. The van der Waals surface area contributed by atoms with Gasteiger partial charge in [-0.05, 0) is 30.7 Å². The van der Waals surface area contributed by atoms with Crippen LogP contribution in [0.15, 0.2) is 0 Å². The van der Waals surface area contributed by atoms with E-state index in [0.29, 0.717) is 5.41 Å². The summed E-state index contributed by atoms with van der Waals surface area (Å²) in [5, 5.41) is 3.49. The first-order chi connectivity index (χ1) is 6.10. The Labute approximate surface area is 88.2 Å². The van der Waals surface area contributed by atoms with Crippen LogP contribution in [-0.4, -0.2) is 19.0 Å². The smallest absolute Gasteiger partial charge is 0.0291 e. The lowest BCUT2D eigenvalue weighted by atomic mass is 9.84. The standard InChI is InChI=1S/C11H24ClN/c1-5-11(6-2,8-12)9-13-7-10(3)4/h10,13H,5-9H2,1-4H3. The summed E-state index contributed by atoms with van der Waals surface area (Å²) in [6.07, 6.45) is 2.33. The normalized spacial score (nSPS) is 12.5. The van der Waals surface area contributed by atoms with E-state index in [1.165, 1.54) is 0 Å². The zero-order valence-corrected chi connectivity index (χ0v) is 10.2. The van der Waals surface area contributed by atoms with Crippen molar-refractivity contribution in [2.45, 2.75) is 40.5 Å². The van der Waals surface area contributed by atoms with Gasteiger partial charge in [-0.25, -0.2) is 0 Å². The van der Waals surface area contributed by atoms with Gasteiger partial charge in [-0.2, -0.15) is 0 Å². The van der Waals surface area contributed by atoms with Gasteiger partial charge in [-0.3, -0.25) is 0 Å². The minimum Gasteiger partial charge on any atom is -0.316 e. The molecule has 0 saturated carbocycles. The van der Waals surface area contributed by atoms with Crippen molar-refractivity contribution in [2.75, 3.05) is 19.0 Å². The molecule has 0 aliphatic heterocycles. The maximum Gasteiger partial charge on any atom is 0.0291 e. The molecule has 80 valence electrons. The fourth-order valence-electron chi connectivity index (χ4n) is 1.36. The Morgan fingerprint density at radius 1 is 1.23 bits per heavy atom. The molecule has 0 amide bonds. The Morgan fingerprint density at radius 3 is 2.08 bits per heavy atom. The highest BCUT2D eigenvalue weighted by Gasteiger charge is 2.24. The second-order valence-corrected chi connectivity index (χ2v) is 4.63. The number of hydrogen-bond acceptors (Lipinski definition) is 1. The molecule has 1 nitrogen and oxygen atoms in total. The van der Waals surface area contributed by atoms with Gasteiger partial charge in [0.25, 0.3) is 0 Å². The van der Waals surface area contributed by atoms with E-state index in [2.05, 4.69) is 33.0 Å². The van der Waals surface area contributed by atoms with E-state index in [-0.39, 0.29) is 0 Å². The molecule has 0 bridgehead atoms. The van der Waals surface area contributed by atoms with Gasteiger partial charge >= 0.3 is 0 Å². The van der Waals surface area contributed by atoms with Crippen LogP contribution in [0.4, 0.5) is 0 Å². The number of nitrogens with one attached hydrogen (secondary N) is 1. The Hall–Kier alpha value is 0.250. The molecule has 0 unspecified atom stereocenters. The molecule has 0 radical (unpaired) electrons. The van der Waals surface area contributed by atoms with Crippen molar-refractivity contribution in [1.29, 1.82) is 0 Å². The van der Waals surface area contributed by atoms with Crippen molar-refractivity contribution < 1.29 is 0 Å². The molecule has 0 aromatic rings. The highest BCUT2D eigenvalue weighted by atomic mass is 35.5. The lowest BCUT2D eigenvalue weighted by Crippen LogP contribution is -2.36. The third kappa shape index (κ3) is 4.87. The highest BCUT2D eigenvalue weighted by Crippen LogP contribution is 2.26. The van der Waals surface area contributed by atoms with Gasteiger partial charge in [-0.1, -0.05) is 27.7 Å². The minimum absolute atomic E-state index is 0.316. The van der Waals surface area contributed by atoms with Gasteiger partial charge in [0.1, 0.15) is 0 Å². The van der Waals surface area contributed by atoms with Crippen LogP contribution < -0.4 is 5.32 Å². The van der Waals surface area contributed by atoms with Crippen LogP contribution in [0.1, 0.15) is 40.5 Å². The van der Waals surface area contributed by atoms with E-state index in [1.54, 1.807) is 0 Å². The maximum atomic E-state index is 6.00. The minimum atomic E-state index is 0.316. The fourth-order valence-corrected chi connectivity index (χ4v) is 1.83. The largest absolute Gasteiger partial charge is 0.316 e. The SMILES string of the molecule is CCC(CC)(CCl)CNCC(C)C. The first-order valence-corrected chi connectivity index (χ1v) is 5.90. The van der Waals surface area contributed by atoms with Crippen LogP contribution in [-0.2, 0) is 0 Å². The monoisotopic (exact) mass is 205 g/mol. The van der Waals surface area contributed by atoms with Crippen LogP contribution in [0.25, 0.3) is 0 Å². The summed E-state index contributed by atoms with van der Waals surface area (Å²) < 4.78 is 0. The van der Waals surface area contributed by atoms with E-state index >= 15 is 0 Å². The lowest BCUT2D eigenvalue weighted by molar-refractivity contribution is 0.282. The number of halogens is 1. The van der Waals surface area contributed by atoms with Crippen molar-refractivity contribution in [3.05, 3.63) is 0 Å². The summed E-state index contributed by atoms with van der Waals surface area (Å²) in [7, 11) is 0. The second-order valence-electron chi connectivity index (χ2n) is 4.37. The Kier molecular flexibility index (Phi) is 6.79. The van der Waals surface area contributed by atoms with Crippen LogP contribution in [0.2, 0.25) is 0 Å². The number of rotatable bonds is 7. The van der Waals surface area contributed by atoms with Gasteiger partial charge in [-0.15, -0.1) is 11.6 Å². The molecule has 0 atom stereocenters. The molecule has 0 rings (SSSR count).